The van der Waals surface area contributed by atoms with Gasteiger partial charge in [-0.2, -0.15) is 5.10 Å². The van der Waals surface area contributed by atoms with Gasteiger partial charge in [-0.15, -0.1) is 0 Å². The summed E-state index contributed by atoms with van der Waals surface area (Å²) in [5, 5.41) is 16.6. The molecule has 0 aliphatic carbocycles. The molecule has 1 N–H and O–H groups in total. The summed E-state index contributed by atoms with van der Waals surface area (Å²) < 4.78 is 1.95. The van der Waals surface area contributed by atoms with E-state index in [9.17, 15) is 5.11 Å². The lowest BCUT2D eigenvalue weighted by Gasteiger charge is -2.08. The Morgan fingerprint density at radius 3 is 2.76 bits per heavy atom. The maximum atomic E-state index is 10.4. The zero-order valence-corrected chi connectivity index (χ0v) is 12.5. The molecular formula is C16H16ClN3O. The van der Waals surface area contributed by atoms with Gasteiger partial charge in [0.2, 0.25) is 0 Å². The van der Waals surface area contributed by atoms with Crippen LogP contribution in [0.25, 0.3) is 10.9 Å². The van der Waals surface area contributed by atoms with E-state index in [-0.39, 0.29) is 0 Å². The summed E-state index contributed by atoms with van der Waals surface area (Å²) in [7, 11) is 0. The van der Waals surface area contributed by atoms with E-state index in [1.807, 2.05) is 28.9 Å². The van der Waals surface area contributed by atoms with Crippen LogP contribution < -0.4 is 0 Å². The fourth-order valence-corrected chi connectivity index (χ4v) is 2.57. The van der Waals surface area contributed by atoms with Gasteiger partial charge >= 0.3 is 0 Å². The van der Waals surface area contributed by atoms with Gasteiger partial charge in [0, 0.05) is 24.5 Å². The first-order chi connectivity index (χ1) is 10.2. The summed E-state index contributed by atoms with van der Waals surface area (Å²) in [5.41, 5.74) is 2.58. The normalized spacial score (nSPS) is 12.7. The van der Waals surface area contributed by atoms with Crippen molar-refractivity contribution in [1.29, 1.82) is 0 Å². The Balaban J connectivity index is 1.92. The fraction of sp³-hybridized carbons (Fsp3) is 0.250. The number of pyridine rings is 1. The zero-order chi connectivity index (χ0) is 14.8. The molecule has 0 spiro atoms. The van der Waals surface area contributed by atoms with Crippen LogP contribution in [0.4, 0.5) is 0 Å². The summed E-state index contributed by atoms with van der Waals surface area (Å²) in [6, 6.07) is 11.5. The molecule has 3 rings (SSSR count). The molecule has 0 amide bonds. The van der Waals surface area contributed by atoms with E-state index in [1.165, 1.54) is 0 Å². The molecule has 0 bridgehead atoms. The first-order valence-corrected chi connectivity index (χ1v) is 7.30. The maximum absolute atomic E-state index is 10.4. The topological polar surface area (TPSA) is 50.9 Å². The molecule has 0 radical (unpaired) electrons. The van der Waals surface area contributed by atoms with Crippen LogP contribution in [-0.2, 0) is 13.0 Å². The molecule has 2 aromatic heterocycles. The van der Waals surface area contributed by atoms with Gasteiger partial charge in [0.15, 0.2) is 0 Å². The van der Waals surface area contributed by atoms with Crippen molar-refractivity contribution in [1.82, 2.24) is 14.8 Å². The quantitative estimate of drug-likeness (QED) is 0.803. The number of rotatable bonds is 4. The molecule has 1 atom stereocenters. The zero-order valence-electron chi connectivity index (χ0n) is 11.7. The average molecular weight is 302 g/mol. The molecule has 0 saturated carbocycles. The first-order valence-electron chi connectivity index (χ1n) is 6.93. The minimum absolute atomic E-state index is 0.433. The Bertz CT molecular complexity index is 752. The van der Waals surface area contributed by atoms with Crippen molar-refractivity contribution < 1.29 is 5.11 Å². The Morgan fingerprint density at radius 2 is 2.05 bits per heavy atom. The summed E-state index contributed by atoms with van der Waals surface area (Å²) in [6.45, 7) is 2.86. The van der Waals surface area contributed by atoms with Gasteiger partial charge in [0.05, 0.1) is 21.9 Å². The highest BCUT2D eigenvalue weighted by molar-refractivity contribution is 6.30. The Labute approximate surface area is 128 Å². The number of halogens is 1. The number of aryl methyl sites for hydroxylation is 1. The second-order valence-electron chi connectivity index (χ2n) is 4.90. The third kappa shape index (κ3) is 2.77. The lowest BCUT2D eigenvalue weighted by Crippen LogP contribution is -2.05. The number of hydrogen-bond acceptors (Lipinski definition) is 3. The molecule has 21 heavy (non-hydrogen) atoms. The van der Waals surface area contributed by atoms with Crippen molar-refractivity contribution in [3.05, 3.63) is 59.0 Å². The largest absolute Gasteiger partial charge is 0.386 e. The fourth-order valence-electron chi connectivity index (χ4n) is 2.46. The molecule has 2 heterocycles. The number of benzene rings is 1. The SMILES string of the molecule is CCn1nc(CC(O)c2ccc(Cl)cn2)c2ccccc21. The van der Waals surface area contributed by atoms with Gasteiger partial charge in [-0.1, -0.05) is 29.8 Å². The van der Waals surface area contributed by atoms with Gasteiger partial charge in [-0.05, 0) is 25.1 Å². The number of hydrogen-bond donors (Lipinski definition) is 1. The Hall–Kier alpha value is -1.91. The van der Waals surface area contributed by atoms with Crippen molar-refractivity contribution in [2.24, 2.45) is 0 Å². The van der Waals surface area contributed by atoms with E-state index in [1.54, 1.807) is 18.3 Å². The number of aliphatic hydroxyl groups is 1. The highest BCUT2D eigenvalue weighted by atomic mass is 35.5. The molecule has 108 valence electrons. The first kappa shape index (κ1) is 14.0. The third-order valence-corrected chi connectivity index (χ3v) is 3.74. The van der Waals surface area contributed by atoms with Gasteiger partial charge in [-0.3, -0.25) is 9.67 Å². The van der Waals surface area contributed by atoms with Crippen molar-refractivity contribution in [3.8, 4) is 0 Å². The monoisotopic (exact) mass is 301 g/mol. The molecule has 0 fully saturated rings. The third-order valence-electron chi connectivity index (χ3n) is 3.51. The Morgan fingerprint density at radius 1 is 1.24 bits per heavy atom. The summed E-state index contributed by atoms with van der Waals surface area (Å²) in [4.78, 5) is 4.16. The number of para-hydroxylation sites is 1. The predicted molar refractivity (Wildman–Crippen MR) is 83.3 cm³/mol. The van der Waals surface area contributed by atoms with Gasteiger partial charge in [0.1, 0.15) is 6.10 Å². The highest BCUT2D eigenvalue weighted by Gasteiger charge is 2.15. The van der Waals surface area contributed by atoms with Crippen molar-refractivity contribution in [2.75, 3.05) is 0 Å². The van der Waals surface area contributed by atoms with Crippen LogP contribution in [0.15, 0.2) is 42.6 Å². The van der Waals surface area contributed by atoms with Gasteiger partial charge in [0.25, 0.3) is 0 Å². The molecule has 0 aliphatic heterocycles. The smallest absolute Gasteiger partial charge is 0.102 e. The van der Waals surface area contributed by atoms with Crippen molar-refractivity contribution in [3.63, 3.8) is 0 Å². The summed E-state index contributed by atoms with van der Waals surface area (Å²) in [6.07, 6.45) is 1.29. The van der Waals surface area contributed by atoms with E-state index >= 15 is 0 Å². The lowest BCUT2D eigenvalue weighted by molar-refractivity contribution is 0.172. The second kappa shape index (κ2) is 5.84. The lowest BCUT2D eigenvalue weighted by atomic mass is 10.1. The van der Waals surface area contributed by atoms with Gasteiger partial charge in [-0.25, -0.2) is 0 Å². The molecule has 0 aliphatic rings. The molecule has 3 aromatic rings. The molecule has 1 unspecified atom stereocenters. The molecular weight excluding hydrogens is 286 g/mol. The van der Waals surface area contributed by atoms with Crippen LogP contribution in [0.1, 0.15) is 24.4 Å². The number of aliphatic hydroxyl groups excluding tert-OH is 1. The molecule has 5 heteroatoms. The van der Waals surface area contributed by atoms with Crippen LogP contribution in [0, 0.1) is 0 Å². The molecule has 4 nitrogen and oxygen atoms in total. The number of nitrogens with zero attached hydrogens (tertiary/aromatic N) is 3. The van der Waals surface area contributed by atoms with E-state index in [2.05, 4.69) is 17.0 Å². The van der Waals surface area contributed by atoms with Crippen LogP contribution in [0.3, 0.4) is 0 Å². The van der Waals surface area contributed by atoms with E-state index in [0.29, 0.717) is 17.1 Å². The van der Waals surface area contributed by atoms with E-state index < -0.39 is 6.10 Å². The van der Waals surface area contributed by atoms with Crippen molar-refractivity contribution >= 4 is 22.5 Å². The minimum atomic E-state index is -0.689. The van der Waals surface area contributed by atoms with Gasteiger partial charge < -0.3 is 5.11 Å². The van der Waals surface area contributed by atoms with E-state index in [4.69, 9.17) is 11.6 Å². The highest BCUT2D eigenvalue weighted by Crippen LogP contribution is 2.24. The Kier molecular flexibility index (Phi) is 3.90. The van der Waals surface area contributed by atoms with Crippen LogP contribution in [-0.4, -0.2) is 19.9 Å². The summed E-state index contributed by atoms with van der Waals surface area (Å²) >= 11 is 5.82. The maximum Gasteiger partial charge on any atom is 0.102 e. The average Bonchev–Trinajstić information content (AvgIpc) is 2.86. The van der Waals surface area contributed by atoms with Crippen LogP contribution >= 0.6 is 11.6 Å². The predicted octanol–water partition coefficient (Wildman–Crippen LogP) is 3.38. The van der Waals surface area contributed by atoms with Crippen LogP contribution in [0.2, 0.25) is 5.02 Å². The second-order valence-corrected chi connectivity index (χ2v) is 5.34. The minimum Gasteiger partial charge on any atom is -0.386 e. The standard InChI is InChI=1S/C16H16ClN3O/c1-2-20-15-6-4-3-5-12(15)14(19-20)9-16(21)13-8-7-11(17)10-18-13/h3-8,10,16,21H,2,9H2,1H3. The number of fused-ring (bicyclic) bond motifs is 1. The van der Waals surface area contributed by atoms with Crippen LogP contribution in [0.5, 0.6) is 0 Å². The summed E-state index contributed by atoms with van der Waals surface area (Å²) in [5.74, 6) is 0. The number of aromatic nitrogens is 3. The molecule has 1 aromatic carbocycles. The molecule has 0 saturated heterocycles. The van der Waals surface area contributed by atoms with Crippen molar-refractivity contribution in [2.45, 2.75) is 26.0 Å². The van der Waals surface area contributed by atoms with E-state index in [0.717, 1.165) is 23.1 Å².